The number of imidazole rings is 1. The fourth-order valence-electron chi connectivity index (χ4n) is 1.93. The minimum absolute atomic E-state index is 0.188. The maximum Gasteiger partial charge on any atom is 0.225 e. The van der Waals surface area contributed by atoms with Gasteiger partial charge in [0.2, 0.25) is 5.28 Å². The zero-order valence-corrected chi connectivity index (χ0v) is 10.5. The highest BCUT2D eigenvalue weighted by Gasteiger charge is 2.14. The number of H-pyrrole nitrogens is 1. The quantitative estimate of drug-likeness (QED) is 0.735. The van der Waals surface area contributed by atoms with Gasteiger partial charge in [-0.3, -0.25) is 5.10 Å². The molecule has 1 N–H and O–H groups in total. The summed E-state index contributed by atoms with van der Waals surface area (Å²) < 4.78 is 2.05. The molecule has 3 aromatic heterocycles. The van der Waals surface area contributed by atoms with E-state index in [4.69, 9.17) is 11.6 Å². The Balaban J connectivity index is 2.24. The lowest BCUT2D eigenvalue weighted by Gasteiger charge is -2.06. The third-order valence-corrected chi connectivity index (χ3v) is 2.84. The molecule has 0 saturated carbocycles. The number of nitrogens with zero attached hydrogens (tertiary/aromatic N) is 5. The Morgan fingerprint density at radius 1 is 1.39 bits per heavy atom. The Morgan fingerprint density at radius 2 is 2.28 bits per heavy atom. The number of halogens is 1. The summed E-state index contributed by atoms with van der Waals surface area (Å²) in [7, 11) is 0. The van der Waals surface area contributed by atoms with Crippen LogP contribution >= 0.6 is 11.6 Å². The van der Waals surface area contributed by atoms with Gasteiger partial charge in [0, 0.05) is 18.9 Å². The first-order valence-corrected chi connectivity index (χ1v) is 6.05. The van der Waals surface area contributed by atoms with Crippen molar-refractivity contribution in [1.82, 2.24) is 29.7 Å². The van der Waals surface area contributed by atoms with Crippen LogP contribution in [0, 0.1) is 0 Å². The van der Waals surface area contributed by atoms with Gasteiger partial charge >= 0.3 is 0 Å². The maximum atomic E-state index is 5.92. The Hall–Kier alpha value is -1.95. The van der Waals surface area contributed by atoms with Crippen LogP contribution in [0.15, 0.2) is 18.6 Å². The smallest absolute Gasteiger partial charge is 0.225 e. The van der Waals surface area contributed by atoms with E-state index in [9.17, 15) is 0 Å². The number of aromatic amines is 1. The van der Waals surface area contributed by atoms with Crippen LogP contribution in [-0.4, -0.2) is 29.7 Å². The lowest BCUT2D eigenvalue weighted by atomic mass is 10.3. The minimum Gasteiger partial charge on any atom is -0.330 e. The monoisotopic (exact) mass is 262 g/mol. The summed E-state index contributed by atoms with van der Waals surface area (Å²) in [6, 6.07) is 0. The van der Waals surface area contributed by atoms with Crippen molar-refractivity contribution in [2.75, 3.05) is 0 Å². The van der Waals surface area contributed by atoms with Gasteiger partial charge in [0.25, 0.3) is 0 Å². The molecule has 0 unspecified atom stereocenters. The molecule has 92 valence electrons. The van der Waals surface area contributed by atoms with Gasteiger partial charge in [-0.1, -0.05) is 6.92 Å². The number of aromatic nitrogens is 6. The van der Waals surface area contributed by atoms with E-state index < -0.39 is 0 Å². The number of hydrogen-bond acceptors (Lipinski definition) is 4. The Bertz CT molecular complexity index is 686. The normalized spacial score (nSPS) is 11.2. The van der Waals surface area contributed by atoms with Crippen LogP contribution in [0.2, 0.25) is 5.28 Å². The molecule has 3 aromatic rings. The molecule has 0 aliphatic rings. The Morgan fingerprint density at radius 3 is 3.11 bits per heavy atom. The van der Waals surface area contributed by atoms with Crippen molar-refractivity contribution in [3.63, 3.8) is 0 Å². The molecule has 0 bridgehead atoms. The highest BCUT2D eigenvalue weighted by molar-refractivity contribution is 6.28. The highest BCUT2D eigenvalue weighted by Crippen LogP contribution is 2.24. The van der Waals surface area contributed by atoms with Crippen molar-refractivity contribution < 1.29 is 0 Å². The molecule has 0 spiro atoms. The van der Waals surface area contributed by atoms with Crippen LogP contribution in [0.3, 0.4) is 0 Å². The number of aryl methyl sites for hydroxylation is 1. The van der Waals surface area contributed by atoms with Gasteiger partial charge in [0.15, 0.2) is 11.5 Å². The van der Waals surface area contributed by atoms with Crippen LogP contribution in [-0.2, 0) is 6.54 Å². The van der Waals surface area contributed by atoms with Gasteiger partial charge in [0.1, 0.15) is 5.69 Å². The van der Waals surface area contributed by atoms with Crippen LogP contribution in [0.5, 0.6) is 0 Å². The second-order valence-corrected chi connectivity index (χ2v) is 4.26. The van der Waals surface area contributed by atoms with Gasteiger partial charge in [-0.2, -0.15) is 10.1 Å². The summed E-state index contributed by atoms with van der Waals surface area (Å²) in [6.07, 6.45) is 6.40. The van der Waals surface area contributed by atoms with E-state index in [1.54, 1.807) is 12.4 Å². The molecule has 0 amide bonds. The molecule has 0 aliphatic heterocycles. The van der Waals surface area contributed by atoms with Gasteiger partial charge < -0.3 is 4.57 Å². The molecule has 7 heteroatoms. The van der Waals surface area contributed by atoms with E-state index in [0.29, 0.717) is 11.3 Å². The summed E-state index contributed by atoms with van der Waals surface area (Å²) in [4.78, 5) is 12.7. The van der Waals surface area contributed by atoms with Crippen LogP contribution in [0.4, 0.5) is 0 Å². The van der Waals surface area contributed by atoms with Crippen molar-refractivity contribution in [1.29, 1.82) is 0 Å². The molecule has 0 aliphatic carbocycles. The fourth-order valence-corrected chi connectivity index (χ4v) is 2.09. The van der Waals surface area contributed by atoms with Crippen molar-refractivity contribution in [3.05, 3.63) is 23.9 Å². The average molecular weight is 263 g/mol. The van der Waals surface area contributed by atoms with Crippen molar-refractivity contribution in [2.45, 2.75) is 19.9 Å². The first kappa shape index (κ1) is 11.2. The standard InChI is InChI=1S/C11H11ClN6/c1-2-4-18-5-3-13-10(18)8-7-6-14-17-9(7)16-11(12)15-8/h3,5-6H,2,4H2,1H3,(H,14,15,16,17). The summed E-state index contributed by atoms with van der Waals surface area (Å²) in [5, 5.41) is 7.77. The molecule has 0 fully saturated rings. The van der Waals surface area contributed by atoms with Crippen LogP contribution < -0.4 is 0 Å². The predicted molar refractivity (Wildman–Crippen MR) is 68.2 cm³/mol. The molecule has 3 rings (SSSR count). The van der Waals surface area contributed by atoms with Gasteiger partial charge in [0.05, 0.1) is 11.6 Å². The first-order valence-electron chi connectivity index (χ1n) is 5.67. The van der Waals surface area contributed by atoms with Crippen molar-refractivity contribution in [2.24, 2.45) is 0 Å². The summed E-state index contributed by atoms with van der Waals surface area (Å²) in [6.45, 7) is 3.00. The van der Waals surface area contributed by atoms with Crippen LogP contribution in [0.25, 0.3) is 22.6 Å². The number of nitrogens with one attached hydrogen (secondary N) is 1. The average Bonchev–Trinajstić information content (AvgIpc) is 2.96. The van der Waals surface area contributed by atoms with E-state index in [1.807, 2.05) is 10.8 Å². The molecule has 0 saturated heterocycles. The number of fused-ring (bicyclic) bond motifs is 1. The van der Waals surface area contributed by atoms with Crippen LogP contribution in [0.1, 0.15) is 13.3 Å². The SMILES string of the molecule is CCCn1ccnc1-c1nc(Cl)nc2[nH]ncc12. The van der Waals surface area contributed by atoms with Crippen molar-refractivity contribution >= 4 is 22.6 Å². The third kappa shape index (κ3) is 1.74. The van der Waals surface area contributed by atoms with Gasteiger partial charge in [-0.15, -0.1) is 0 Å². The molecule has 18 heavy (non-hydrogen) atoms. The molecule has 0 atom stereocenters. The predicted octanol–water partition coefficient (Wildman–Crippen LogP) is 2.28. The molecular formula is C11H11ClN6. The second-order valence-electron chi connectivity index (χ2n) is 3.92. The molecule has 0 radical (unpaired) electrons. The fraction of sp³-hybridized carbons (Fsp3) is 0.273. The summed E-state index contributed by atoms with van der Waals surface area (Å²) in [5.74, 6) is 0.785. The topological polar surface area (TPSA) is 72.3 Å². The second kappa shape index (κ2) is 4.38. The zero-order chi connectivity index (χ0) is 12.5. The molecular weight excluding hydrogens is 252 g/mol. The maximum absolute atomic E-state index is 5.92. The summed E-state index contributed by atoms with van der Waals surface area (Å²) >= 11 is 5.92. The number of rotatable bonds is 3. The lowest BCUT2D eigenvalue weighted by Crippen LogP contribution is -2.01. The summed E-state index contributed by atoms with van der Waals surface area (Å²) in [5.41, 5.74) is 1.33. The lowest BCUT2D eigenvalue weighted by molar-refractivity contribution is 0.684. The zero-order valence-electron chi connectivity index (χ0n) is 9.76. The van der Waals surface area contributed by atoms with E-state index in [-0.39, 0.29) is 5.28 Å². The van der Waals surface area contributed by atoms with Crippen molar-refractivity contribution in [3.8, 4) is 11.5 Å². The Labute approximate surface area is 108 Å². The third-order valence-electron chi connectivity index (χ3n) is 2.67. The minimum atomic E-state index is 0.188. The molecule has 3 heterocycles. The van der Waals surface area contributed by atoms with Gasteiger partial charge in [-0.05, 0) is 18.0 Å². The van der Waals surface area contributed by atoms with E-state index in [2.05, 4.69) is 32.1 Å². The number of hydrogen-bond donors (Lipinski definition) is 1. The molecule has 0 aromatic carbocycles. The largest absolute Gasteiger partial charge is 0.330 e. The highest BCUT2D eigenvalue weighted by atomic mass is 35.5. The van der Waals surface area contributed by atoms with E-state index in [0.717, 1.165) is 24.2 Å². The first-order chi connectivity index (χ1) is 8.79. The van der Waals surface area contributed by atoms with E-state index >= 15 is 0 Å². The molecule has 6 nitrogen and oxygen atoms in total. The van der Waals surface area contributed by atoms with E-state index in [1.165, 1.54) is 0 Å². The van der Waals surface area contributed by atoms with Gasteiger partial charge in [-0.25, -0.2) is 9.97 Å². The Kier molecular flexibility index (Phi) is 2.71.